The average Bonchev–Trinajstić information content (AvgIpc) is 3.11. The van der Waals surface area contributed by atoms with Gasteiger partial charge in [-0.05, 0) is 104 Å². The number of rotatable bonds is 6. The highest BCUT2D eigenvalue weighted by Gasteiger charge is 2.59. The first-order chi connectivity index (χ1) is 15.6. The van der Waals surface area contributed by atoms with Crippen molar-refractivity contribution < 1.29 is 9.53 Å². The van der Waals surface area contributed by atoms with E-state index in [0.717, 1.165) is 48.3 Å². The van der Waals surface area contributed by atoms with Gasteiger partial charge in [-0.1, -0.05) is 65.3 Å². The van der Waals surface area contributed by atoms with Crippen molar-refractivity contribution in [3.8, 4) is 0 Å². The summed E-state index contributed by atoms with van der Waals surface area (Å²) < 4.78 is 5.62. The first kappa shape index (κ1) is 25.1. The minimum Gasteiger partial charge on any atom is -0.462 e. The lowest BCUT2D eigenvalue weighted by molar-refractivity contribution is -0.148. The second-order valence-electron chi connectivity index (χ2n) is 13.0. The molecule has 3 saturated carbocycles. The van der Waals surface area contributed by atoms with Crippen LogP contribution in [0.3, 0.4) is 0 Å². The summed E-state index contributed by atoms with van der Waals surface area (Å²) in [5, 5.41) is 0. The van der Waals surface area contributed by atoms with E-state index in [1.165, 1.54) is 44.9 Å². The Kier molecular flexibility index (Phi) is 7.24. The maximum atomic E-state index is 11.5. The van der Waals surface area contributed by atoms with Crippen molar-refractivity contribution in [2.24, 2.45) is 52.3 Å². The van der Waals surface area contributed by atoms with Crippen LogP contribution >= 0.6 is 0 Å². The number of ether oxygens (including phenoxy) is 1. The fourth-order valence-corrected chi connectivity index (χ4v) is 9.15. The zero-order chi connectivity index (χ0) is 24.0. The van der Waals surface area contributed by atoms with Crippen LogP contribution in [0, 0.1) is 52.3 Å². The quantitative estimate of drug-likeness (QED) is 0.297. The summed E-state index contributed by atoms with van der Waals surface area (Å²) in [6.07, 6.45) is 19.2. The van der Waals surface area contributed by atoms with E-state index >= 15 is 0 Å². The summed E-state index contributed by atoms with van der Waals surface area (Å²) in [5.41, 5.74) is 2.44. The molecular weight excluding hydrogens is 404 g/mol. The van der Waals surface area contributed by atoms with Gasteiger partial charge in [-0.15, -0.1) is 0 Å². The van der Waals surface area contributed by atoms with E-state index < -0.39 is 0 Å². The van der Waals surface area contributed by atoms with Gasteiger partial charge in [0.25, 0.3) is 0 Å². The molecule has 0 aromatic rings. The Morgan fingerprint density at radius 3 is 2.52 bits per heavy atom. The first-order valence-corrected chi connectivity index (χ1v) is 14.1. The van der Waals surface area contributed by atoms with Crippen molar-refractivity contribution in [3.63, 3.8) is 0 Å². The Labute approximate surface area is 204 Å². The molecule has 0 N–H and O–H groups in total. The molecule has 1 unspecified atom stereocenters. The molecule has 4 rings (SSSR count). The molecule has 33 heavy (non-hydrogen) atoms. The van der Waals surface area contributed by atoms with Crippen LogP contribution in [0.15, 0.2) is 23.8 Å². The number of carbonyl (C=O) groups excluding carboxylic acids is 1. The molecule has 2 heteroatoms. The van der Waals surface area contributed by atoms with E-state index in [0.29, 0.717) is 16.7 Å². The molecule has 0 aliphatic heterocycles. The van der Waals surface area contributed by atoms with Gasteiger partial charge in [-0.25, -0.2) is 0 Å². The van der Waals surface area contributed by atoms with Crippen LogP contribution in [0.2, 0.25) is 0 Å². The second kappa shape index (κ2) is 9.54. The molecule has 0 amide bonds. The predicted molar refractivity (Wildman–Crippen MR) is 138 cm³/mol. The molecule has 0 radical (unpaired) electrons. The highest BCUT2D eigenvalue weighted by Crippen LogP contribution is 2.67. The van der Waals surface area contributed by atoms with Crippen molar-refractivity contribution in [2.45, 2.75) is 112 Å². The lowest BCUT2D eigenvalue weighted by Gasteiger charge is -2.58. The van der Waals surface area contributed by atoms with Gasteiger partial charge in [0.15, 0.2) is 0 Å². The van der Waals surface area contributed by atoms with Crippen LogP contribution in [0.25, 0.3) is 0 Å². The topological polar surface area (TPSA) is 26.3 Å². The predicted octanol–water partition coefficient (Wildman–Crippen LogP) is 8.37. The number of carbonyl (C=O) groups is 1. The number of hydrogen-bond acceptors (Lipinski definition) is 2. The van der Waals surface area contributed by atoms with Gasteiger partial charge in [-0.2, -0.15) is 0 Å². The minimum atomic E-state index is -0.120. The Bertz CT molecular complexity index is 778. The van der Waals surface area contributed by atoms with Crippen molar-refractivity contribution in [1.82, 2.24) is 0 Å². The molecule has 4 aliphatic rings. The van der Waals surface area contributed by atoms with E-state index in [9.17, 15) is 4.79 Å². The summed E-state index contributed by atoms with van der Waals surface area (Å²) in [4.78, 5) is 11.5. The maximum Gasteiger partial charge on any atom is 0.302 e. The molecule has 0 spiro atoms. The molecule has 0 saturated heterocycles. The fraction of sp³-hybridized carbons (Fsp3) is 0.839. The van der Waals surface area contributed by atoms with E-state index in [1.54, 1.807) is 12.5 Å². The smallest absolute Gasteiger partial charge is 0.302 e. The average molecular weight is 455 g/mol. The third-order valence-electron chi connectivity index (χ3n) is 11.1. The standard InChI is InChI=1S/C31H50O2/c1-8-23(20(2)3)10-9-21(4)27-13-14-28-26-12-11-24-19-25(33-22(5)32)15-17-30(24,6)29(26)16-18-31(27,28)7/h9-11,20-21,23,25-29H,8,12-19H2,1-7H3/b10-9-/t21-,23?,25+,26+,27-,28+,29+,30+,31-/m1/s1. The monoisotopic (exact) mass is 454 g/mol. The molecular formula is C31H50O2. The number of esters is 1. The number of fused-ring (bicyclic) bond motifs is 5. The zero-order valence-corrected chi connectivity index (χ0v) is 22.5. The molecule has 3 fully saturated rings. The van der Waals surface area contributed by atoms with Gasteiger partial charge in [0.2, 0.25) is 0 Å². The summed E-state index contributed by atoms with van der Waals surface area (Å²) >= 11 is 0. The maximum absolute atomic E-state index is 11.5. The Morgan fingerprint density at radius 2 is 1.85 bits per heavy atom. The van der Waals surface area contributed by atoms with Crippen LogP contribution in [0.1, 0.15) is 106 Å². The third-order valence-corrected chi connectivity index (χ3v) is 11.1. The fourth-order valence-electron chi connectivity index (χ4n) is 9.15. The summed E-state index contributed by atoms with van der Waals surface area (Å²) in [6.45, 7) is 16.3. The number of hydrogen-bond donors (Lipinski definition) is 0. The zero-order valence-electron chi connectivity index (χ0n) is 22.5. The van der Waals surface area contributed by atoms with E-state index in [1.807, 2.05) is 0 Å². The molecule has 0 aromatic heterocycles. The largest absolute Gasteiger partial charge is 0.462 e. The lowest BCUT2D eigenvalue weighted by Crippen LogP contribution is -2.51. The van der Waals surface area contributed by atoms with Gasteiger partial charge in [0, 0.05) is 13.3 Å². The molecule has 186 valence electrons. The highest BCUT2D eigenvalue weighted by atomic mass is 16.5. The van der Waals surface area contributed by atoms with E-state index in [4.69, 9.17) is 4.74 Å². The van der Waals surface area contributed by atoms with Crippen molar-refractivity contribution in [2.75, 3.05) is 0 Å². The van der Waals surface area contributed by atoms with Crippen LogP contribution in [0.4, 0.5) is 0 Å². The van der Waals surface area contributed by atoms with Crippen LogP contribution in [0.5, 0.6) is 0 Å². The van der Waals surface area contributed by atoms with Gasteiger partial charge >= 0.3 is 5.97 Å². The van der Waals surface area contributed by atoms with Crippen molar-refractivity contribution in [1.29, 1.82) is 0 Å². The highest BCUT2D eigenvalue weighted by molar-refractivity contribution is 5.66. The van der Waals surface area contributed by atoms with Crippen molar-refractivity contribution >= 4 is 5.97 Å². The third kappa shape index (κ3) is 4.50. The van der Waals surface area contributed by atoms with Gasteiger partial charge in [-0.3, -0.25) is 4.79 Å². The van der Waals surface area contributed by atoms with Gasteiger partial charge < -0.3 is 4.74 Å². The molecule has 0 heterocycles. The Morgan fingerprint density at radius 1 is 1.09 bits per heavy atom. The normalized spacial score (nSPS) is 42.3. The Balaban J connectivity index is 1.49. The van der Waals surface area contributed by atoms with Crippen LogP contribution < -0.4 is 0 Å². The summed E-state index contributed by atoms with van der Waals surface area (Å²) in [7, 11) is 0. The van der Waals surface area contributed by atoms with Crippen molar-refractivity contribution in [3.05, 3.63) is 23.8 Å². The second-order valence-corrected chi connectivity index (χ2v) is 13.0. The lowest BCUT2D eigenvalue weighted by atomic mass is 9.47. The van der Waals surface area contributed by atoms with E-state index in [-0.39, 0.29) is 12.1 Å². The molecule has 0 aromatic carbocycles. The molecule has 9 atom stereocenters. The minimum absolute atomic E-state index is 0.105. The SMILES string of the molecule is CCC(/C=C\[C@@H](C)[C@H]1CC[C@H]2[C@@H]3CC=C4C[C@@H](OC(C)=O)CC[C@]4(C)[C@H]3CC[C@]12C)C(C)C. The Hall–Kier alpha value is -1.05. The molecule has 4 aliphatic carbocycles. The van der Waals surface area contributed by atoms with Gasteiger partial charge in [0.05, 0.1) is 0 Å². The van der Waals surface area contributed by atoms with Crippen LogP contribution in [-0.2, 0) is 9.53 Å². The summed E-state index contributed by atoms with van der Waals surface area (Å²) in [5.74, 6) is 5.41. The van der Waals surface area contributed by atoms with Crippen LogP contribution in [-0.4, -0.2) is 12.1 Å². The number of allylic oxidation sites excluding steroid dienone is 3. The molecule has 2 nitrogen and oxygen atoms in total. The van der Waals surface area contributed by atoms with Gasteiger partial charge in [0.1, 0.15) is 6.10 Å². The molecule has 0 bridgehead atoms. The first-order valence-electron chi connectivity index (χ1n) is 14.1. The summed E-state index contributed by atoms with van der Waals surface area (Å²) in [6, 6.07) is 0. The van der Waals surface area contributed by atoms with E-state index in [2.05, 4.69) is 59.8 Å².